The van der Waals surface area contributed by atoms with Crippen molar-refractivity contribution in [3.8, 4) is 0 Å². The number of hydrogen-bond acceptors (Lipinski definition) is 2. The fourth-order valence-electron chi connectivity index (χ4n) is 2.06. The van der Waals surface area contributed by atoms with E-state index >= 15 is 0 Å². The van der Waals surface area contributed by atoms with Gasteiger partial charge in [-0.2, -0.15) is 0 Å². The van der Waals surface area contributed by atoms with Crippen molar-refractivity contribution in [2.45, 2.75) is 19.8 Å². The maximum Gasteiger partial charge on any atom is 0.128 e. The maximum atomic E-state index is 13.4. The topological polar surface area (TPSA) is 21.3 Å². The molecule has 0 atom stereocenters. The van der Waals surface area contributed by atoms with Gasteiger partial charge in [-0.25, -0.2) is 4.39 Å². The lowest BCUT2D eigenvalue weighted by atomic mass is 10.1. The molecule has 91 valence electrons. The van der Waals surface area contributed by atoms with Crippen molar-refractivity contribution in [3.05, 3.63) is 65.0 Å². The van der Waals surface area contributed by atoms with Crippen molar-refractivity contribution in [2.75, 3.05) is 5.32 Å². The second-order valence-corrected chi connectivity index (χ2v) is 4.35. The van der Waals surface area contributed by atoms with Gasteiger partial charge in [-0.05, 0) is 41.5 Å². The highest BCUT2D eigenvalue weighted by molar-refractivity contribution is 5.49. The molecule has 18 heavy (non-hydrogen) atoms. The third-order valence-corrected chi connectivity index (χ3v) is 3.09. The molecule has 0 aromatic heterocycles. The molecule has 1 heterocycles. The lowest BCUT2D eigenvalue weighted by Gasteiger charge is -2.08. The maximum absolute atomic E-state index is 13.4. The van der Waals surface area contributed by atoms with Crippen LogP contribution in [-0.4, -0.2) is 0 Å². The molecule has 0 spiro atoms. The van der Waals surface area contributed by atoms with Gasteiger partial charge in [-0.1, -0.05) is 12.1 Å². The van der Waals surface area contributed by atoms with E-state index in [1.807, 2.05) is 6.07 Å². The number of halogens is 1. The molecule has 0 amide bonds. The summed E-state index contributed by atoms with van der Waals surface area (Å²) in [6.07, 6.45) is 0. The molecule has 1 N–H and O–H groups in total. The Hall–Kier alpha value is -1.87. The number of nitrogens with one attached hydrogen (secondary N) is 1. The normalized spacial score (nSPS) is 13.4. The molecule has 1 aliphatic rings. The van der Waals surface area contributed by atoms with Crippen molar-refractivity contribution in [1.82, 2.24) is 0 Å². The molecule has 0 saturated heterocycles. The minimum absolute atomic E-state index is 0.203. The summed E-state index contributed by atoms with van der Waals surface area (Å²) < 4.78 is 18.8. The standard InChI is InChI=1S/C15H13FNO/c16-15-4-2-1-3-11(15)8-17-14-6-5-12-9-18-10-13(12)7-14/h2-7,17H,8-10H2. The van der Waals surface area contributed by atoms with Crippen LogP contribution in [0.4, 0.5) is 10.1 Å². The van der Waals surface area contributed by atoms with Gasteiger partial charge in [0.25, 0.3) is 0 Å². The van der Waals surface area contributed by atoms with Gasteiger partial charge >= 0.3 is 0 Å². The summed E-state index contributed by atoms with van der Waals surface area (Å²) >= 11 is 0. The van der Waals surface area contributed by atoms with Crippen LogP contribution in [0, 0.1) is 11.9 Å². The van der Waals surface area contributed by atoms with Crippen LogP contribution in [0.1, 0.15) is 16.7 Å². The number of fused-ring (bicyclic) bond motifs is 1. The lowest BCUT2D eigenvalue weighted by molar-refractivity contribution is 0.134. The fraction of sp³-hybridized carbons (Fsp3) is 0.200. The summed E-state index contributed by atoms with van der Waals surface area (Å²) in [5.41, 5.74) is 4.05. The summed E-state index contributed by atoms with van der Waals surface area (Å²) in [5.74, 6) is -0.203. The van der Waals surface area contributed by atoms with Crippen molar-refractivity contribution in [2.24, 2.45) is 0 Å². The third kappa shape index (κ3) is 2.22. The zero-order valence-electron chi connectivity index (χ0n) is 9.87. The van der Waals surface area contributed by atoms with Gasteiger partial charge in [0.15, 0.2) is 0 Å². The van der Waals surface area contributed by atoms with Crippen molar-refractivity contribution in [1.29, 1.82) is 0 Å². The van der Waals surface area contributed by atoms with Crippen LogP contribution in [-0.2, 0) is 24.5 Å². The highest BCUT2D eigenvalue weighted by Gasteiger charge is 2.11. The van der Waals surface area contributed by atoms with E-state index in [0.29, 0.717) is 25.3 Å². The van der Waals surface area contributed by atoms with Gasteiger partial charge < -0.3 is 10.1 Å². The summed E-state index contributed by atoms with van der Waals surface area (Å²) in [7, 11) is 0. The highest BCUT2D eigenvalue weighted by Crippen LogP contribution is 2.23. The zero-order chi connectivity index (χ0) is 12.4. The van der Waals surface area contributed by atoms with E-state index in [0.717, 1.165) is 5.69 Å². The molecule has 0 unspecified atom stereocenters. The van der Waals surface area contributed by atoms with Crippen LogP contribution in [0.15, 0.2) is 36.4 Å². The number of ether oxygens (including phenoxy) is 1. The van der Waals surface area contributed by atoms with Crippen LogP contribution in [0.2, 0.25) is 0 Å². The van der Waals surface area contributed by atoms with E-state index < -0.39 is 0 Å². The predicted molar refractivity (Wildman–Crippen MR) is 67.5 cm³/mol. The Labute approximate surface area is 105 Å². The Morgan fingerprint density at radius 3 is 3.00 bits per heavy atom. The van der Waals surface area contributed by atoms with Gasteiger partial charge in [0.2, 0.25) is 0 Å². The summed E-state index contributed by atoms with van der Waals surface area (Å²) in [5, 5.41) is 3.22. The van der Waals surface area contributed by atoms with Gasteiger partial charge in [0.1, 0.15) is 5.82 Å². The Kier molecular flexibility index (Phi) is 2.99. The number of rotatable bonds is 3. The second-order valence-electron chi connectivity index (χ2n) is 4.35. The number of anilines is 1. The molecule has 0 saturated carbocycles. The van der Waals surface area contributed by atoms with Crippen molar-refractivity contribution >= 4 is 5.69 Å². The first kappa shape index (κ1) is 11.2. The Balaban J connectivity index is 1.72. The molecule has 3 heteroatoms. The van der Waals surface area contributed by atoms with Crippen LogP contribution in [0.5, 0.6) is 0 Å². The second kappa shape index (κ2) is 4.78. The zero-order valence-corrected chi connectivity index (χ0v) is 9.87. The van der Waals surface area contributed by atoms with Crippen LogP contribution >= 0.6 is 0 Å². The number of benzene rings is 2. The minimum Gasteiger partial charge on any atom is -0.381 e. The average molecular weight is 242 g/mol. The molecular formula is C15H13FNO. The number of hydrogen-bond donors (Lipinski definition) is 1. The van der Waals surface area contributed by atoms with E-state index in [-0.39, 0.29) is 5.82 Å². The molecule has 1 radical (unpaired) electrons. The Morgan fingerprint density at radius 1 is 1.22 bits per heavy atom. The van der Waals surface area contributed by atoms with Gasteiger partial charge in [0, 0.05) is 17.8 Å². The van der Waals surface area contributed by atoms with Crippen LogP contribution in [0.3, 0.4) is 0 Å². The first-order valence-electron chi connectivity index (χ1n) is 5.91. The molecule has 2 aromatic rings. The predicted octanol–water partition coefficient (Wildman–Crippen LogP) is 3.27. The first-order valence-corrected chi connectivity index (χ1v) is 5.91. The molecule has 2 aromatic carbocycles. The molecule has 1 aliphatic heterocycles. The van der Waals surface area contributed by atoms with Gasteiger partial charge in [0.05, 0.1) is 13.2 Å². The van der Waals surface area contributed by atoms with Crippen LogP contribution < -0.4 is 5.32 Å². The smallest absolute Gasteiger partial charge is 0.128 e. The molecule has 0 aliphatic carbocycles. The summed E-state index contributed by atoms with van der Waals surface area (Å²) in [4.78, 5) is 0. The Morgan fingerprint density at radius 2 is 2.11 bits per heavy atom. The van der Waals surface area contributed by atoms with E-state index in [4.69, 9.17) is 4.74 Å². The van der Waals surface area contributed by atoms with Crippen molar-refractivity contribution < 1.29 is 9.13 Å². The summed E-state index contributed by atoms with van der Waals surface area (Å²) in [6.45, 7) is 1.82. The van der Waals surface area contributed by atoms with Gasteiger partial charge in [-0.15, -0.1) is 0 Å². The molecule has 3 rings (SSSR count). The summed E-state index contributed by atoms with van der Waals surface area (Å²) in [6, 6.07) is 13.7. The molecular weight excluding hydrogens is 229 g/mol. The van der Waals surface area contributed by atoms with Crippen LogP contribution in [0.25, 0.3) is 0 Å². The SMILES string of the molecule is Fc1cc[c]cc1CNc1ccc2c(c1)COC2. The minimum atomic E-state index is -0.203. The monoisotopic (exact) mass is 242 g/mol. The van der Waals surface area contributed by atoms with Gasteiger partial charge in [-0.3, -0.25) is 0 Å². The van der Waals surface area contributed by atoms with E-state index in [1.165, 1.54) is 17.2 Å². The highest BCUT2D eigenvalue weighted by atomic mass is 19.1. The fourth-order valence-corrected chi connectivity index (χ4v) is 2.06. The van der Waals surface area contributed by atoms with E-state index in [1.54, 1.807) is 12.1 Å². The third-order valence-electron chi connectivity index (χ3n) is 3.09. The van der Waals surface area contributed by atoms with Crippen molar-refractivity contribution in [3.63, 3.8) is 0 Å². The molecule has 2 nitrogen and oxygen atoms in total. The van der Waals surface area contributed by atoms with E-state index in [2.05, 4.69) is 23.5 Å². The Bertz CT molecular complexity index is 568. The molecule has 0 bridgehead atoms. The molecule has 0 fully saturated rings. The lowest BCUT2D eigenvalue weighted by Crippen LogP contribution is -2.02. The quantitative estimate of drug-likeness (QED) is 0.892. The van der Waals surface area contributed by atoms with E-state index in [9.17, 15) is 4.39 Å². The first-order chi connectivity index (χ1) is 8.83. The average Bonchev–Trinajstić information content (AvgIpc) is 2.85. The largest absolute Gasteiger partial charge is 0.381 e.